The normalized spacial score (nSPS) is 11.8. The molecule has 0 aliphatic carbocycles. The number of rotatable bonds is 7. The first-order chi connectivity index (χ1) is 12.6. The Morgan fingerprint density at radius 2 is 1.63 bits per heavy atom. The predicted octanol–water partition coefficient (Wildman–Crippen LogP) is 3.88. The number of carbonyl (C=O) groups excluding carboxylic acids is 1. The highest BCUT2D eigenvalue weighted by Crippen LogP contribution is 2.22. The summed E-state index contributed by atoms with van der Waals surface area (Å²) in [6, 6.07) is 11.4. The summed E-state index contributed by atoms with van der Waals surface area (Å²) in [5.41, 5.74) is 1.57. The molecule has 146 valence electrons. The molecule has 27 heavy (non-hydrogen) atoms. The Morgan fingerprint density at radius 1 is 1.04 bits per heavy atom. The summed E-state index contributed by atoms with van der Waals surface area (Å²) < 4.78 is 26.2. The van der Waals surface area contributed by atoms with Gasteiger partial charge in [-0.15, -0.1) is 0 Å². The topological polar surface area (TPSA) is 66.5 Å². The summed E-state index contributed by atoms with van der Waals surface area (Å²) in [6.45, 7) is 3.94. The monoisotopic (exact) mass is 428 g/mol. The molecular formula is C19H22Cl2N2O3S. The van der Waals surface area contributed by atoms with Crippen molar-refractivity contribution < 1.29 is 13.2 Å². The third kappa shape index (κ3) is 5.69. The van der Waals surface area contributed by atoms with Crippen molar-refractivity contribution in [2.45, 2.75) is 37.8 Å². The average Bonchev–Trinajstić information content (AvgIpc) is 2.62. The first-order valence-corrected chi connectivity index (χ1v) is 10.6. The van der Waals surface area contributed by atoms with E-state index < -0.39 is 10.0 Å². The standard InChI is InChI=1S/C19H22Cl2N2O3S/c1-13(2)23(3)27(25,26)16-7-4-14(5-8-16)12-22-19(24)11-15-6-9-17(20)18(21)10-15/h4-10,13H,11-12H2,1-3H3,(H,22,24). The lowest BCUT2D eigenvalue weighted by Crippen LogP contribution is -2.33. The highest BCUT2D eigenvalue weighted by molar-refractivity contribution is 7.89. The van der Waals surface area contributed by atoms with Crippen LogP contribution in [0.15, 0.2) is 47.4 Å². The number of carbonyl (C=O) groups is 1. The van der Waals surface area contributed by atoms with Gasteiger partial charge in [0.2, 0.25) is 15.9 Å². The van der Waals surface area contributed by atoms with Gasteiger partial charge in [0.15, 0.2) is 0 Å². The molecular weight excluding hydrogens is 407 g/mol. The second-order valence-electron chi connectivity index (χ2n) is 6.46. The Bertz CT molecular complexity index is 913. The van der Waals surface area contributed by atoms with Crippen molar-refractivity contribution in [1.29, 1.82) is 0 Å². The molecule has 0 heterocycles. The maximum Gasteiger partial charge on any atom is 0.243 e. The maximum atomic E-state index is 12.4. The number of nitrogens with one attached hydrogen (secondary N) is 1. The minimum Gasteiger partial charge on any atom is -0.352 e. The largest absolute Gasteiger partial charge is 0.352 e. The van der Waals surface area contributed by atoms with Crippen molar-refractivity contribution in [3.05, 3.63) is 63.6 Å². The van der Waals surface area contributed by atoms with E-state index in [1.807, 2.05) is 13.8 Å². The van der Waals surface area contributed by atoms with E-state index in [-0.39, 0.29) is 23.3 Å². The van der Waals surface area contributed by atoms with Crippen LogP contribution < -0.4 is 5.32 Å². The Morgan fingerprint density at radius 3 is 2.19 bits per heavy atom. The van der Waals surface area contributed by atoms with Crippen LogP contribution >= 0.6 is 23.2 Å². The lowest BCUT2D eigenvalue weighted by Gasteiger charge is -2.21. The molecule has 0 saturated heterocycles. The zero-order valence-electron chi connectivity index (χ0n) is 15.4. The molecule has 0 aliphatic rings. The van der Waals surface area contributed by atoms with Crippen molar-refractivity contribution in [1.82, 2.24) is 9.62 Å². The fraction of sp³-hybridized carbons (Fsp3) is 0.316. The van der Waals surface area contributed by atoms with Crippen molar-refractivity contribution in [2.75, 3.05) is 7.05 Å². The molecule has 0 unspecified atom stereocenters. The van der Waals surface area contributed by atoms with Gasteiger partial charge >= 0.3 is 0 Å². The minimum atomic E-state index is -3.51. The van der Waals surface area contributed by atoms with Crippen LogP contribution in [0, 0.1) is 0 Å². The first kappa shape index (κ1) is 21.7. The van der Waals surface area contributed by atoms with E-state index in [0.717, 1.165) is 11.1 Å². The molecule has 0 aliphatic heterocycles. The Labute approximate surface area is 170 Å². The van der Waals surface area contributed by atoms with Crippen LogP contribution in [-0.4, -0.2) is 31.7 Å². The van der Waals surface area contributed by atoms with E-state index in [1.165, 1.54) is 4.31 Å². The van der Waals surface area contributed by atoms with Gasteiger partial charge in [-0.3, -0.25) is 4.79 Å². The minimum absolute atomic E-state index is 0.129. The third-order valence-corrected chi connectivity index (χ3v) is 6.95. The van der Waals surface area contributed by atoms with Crippen molar-refractivity contribution in [2.24, 2.45) is 0 Å². The molecule has 0 spiro atoms. The smallest absolute Gasteiger partial charge is 0.243 e. The molecule has 0 atom stereocenters. The van der Waals surface area contributed by atoms with Gasteiger partial charge in [0.25, 0.3) is 0 Å². The number of nitrogens with zero attached hydrogens (tertiary/aromatic N) is 1. The Kier molecular flexibility index (Phi) is 7.28. The van der Waals surface area contributed by atoms with E-state index >= 15 is 0 Å². The van der Waals surface area contributed by atoms with Gasteiger partial charge < -0.3 is 5.32 Å². The SMILES string of the molecule is CC(C)N(C)S(=O)(=O)c1ccc(CNC(=O)Cc2ccc(Cl)c(Cl)c2)cc1. The molecule has 2 rings (SSSR count). The second kappa shape index (κ2) is 9.06. The van der Waals surface area contributed by atoms with Gasteiger partial charge in [-0.1, -0.05) is 41.4 Å². The van der Waals surface area contributed by atoms with E-state index in [4.69, 9.17) is 23.2 Å². The van der Waals surface area contributed by atoms with Gasteiger partial charge in [0, 0.05) is 19.6 Å². The Balaban J connectivity index is 1.96. The summed E-state index contributed by atoms with van der Waals surface area (Å²) >= 11 is 11.8. The molecule has 2 aromatic carbocycles. The van der Waals surface area contributed by atoms with Crippen LogP contribution in [0.5, 0.6) is 0 Å². The number of halogens is 2. The van der Waals surface area contributed by atoms with Gasteiger partial charge in [-0.25, -0.2) is 8.42 Å². The van der Waals surface area contributed by atoms with E-state index in [1.54, 1.807) is 49.5 Å². The van der Waals surface area contributed by atoms with E-state index in [9.17, 15) is 13.2 Å². The number of sulfonamides is 1. The summed E-state index contributed by atoms with van der Waals surface area (Å²) in [5.74, 6) is -0.162. The summed E-state index contributed by atoms with van der Waals surface area (Å²) in [4.78, 5) is 12.3. The molecule has 0 bridgehead atoms. The third-order valence-electron chi connectivity index (χ3n) is 4.17. The summed E-state index contributed by atoms with van der Waals surface area (Å²) in [5, 5.41) is 3.66. The zero-order chi connectivity index (χ0) is 20.2. The van der Waals surface area contributed by atoms with Crippen molar-refractivity contribution in [3.63, 3.8) is 0 Å². The fourth-order valence-electron chi connectivity index (χ4n) is 2.32. The van der Waals surface area contributed by atoms with Gasteiger partial charge in [-0.05, 0) is 49.2 Å². The molecule has 0 saturated carbocycles. The number of benzene rings is 2. The van der Waals surface area contributed by atoms with Gasteiger partial charge in [-0.2, -0.15) is 4.31 Å². The molecule has 1 amide bonds. The second-order valence-corrected chi connectivity index (χ2v) is 9.27. The molecule has 0 fully saturated rings. The first-order valence-electron chi connectivity index (χ1n) is 8.39. The Hall–Kier alpha value is -1.60. The van der Waals surface area contributed by atoms with Crippen LogP contribution in [0.4, 0.5) is 0 Å². The highest BCUT2D eigenvalue weighted by atomic mass is 35.5. The van der Waals surface area contributed by atoms with Crippen LogP contribution in [-0.2, 0) is 27.8 Å². The zero-order valence-corrected chi connectivity index (χ0v) is 17.7. The predicted molar refractivity (Wildman–Crippen MR) is 109 cm³/mol. The van der Waals surface area contributed by atoms with Crippen LogP contribution in [0.3, 0.4) is 0 Å². The number of hydrogen-bond acceptors (Lipinski definition) is 3. The van der Waals surface area contributed by atoms with Crippen molar-refractivity contribution >= 4 is 39.1 Å². The quantitative estimate of drug-likeness (QED) is 0.727. The molecule has 1 N–H and O–H groups in total. The van der Waals surface area contributed by atoms with E-state index in [2.05, 4.69) is 5.32 Å². The maximum absolute atomic E-state index is 12.4. The van der Waals surface area contributed by atoms with Crippen LogP contribution in [0.25, 0.3) is 0 Å². The van der Waals surface area contributed by atoms with E-state index in [0.29, 0.717) is 16.6 Å². The number of amides is 1. The molecule has 8 heteroatoms. The highest BCUT2D eigenvalue weighted by Gasteiger charge is 2.22. The van der Waals surface area contributed by atoms with Gasteiger partial charge in [0.1, 0.15) is 0 Å². The van der Waals surface area contributed by atoms with Crippen LogP contribution in [0.1, 0.15) is 25.0 Å². The molecule has 0 radical (unpaired) electrons. The number of hydrogen-bond donors (Lipinski definition) is 1. The lowest BCUT2D eigenvalue weighted by molar-refractivity contribution is -0.120. The molecule has 5 nitrogen and oxygen atoms in total. The van der Waals surface area contributed by atoms with Crippen LogP contribution in [0.2, 0.25) is 10.0 Å². The average molecular weight is 429 g/mol. The van der Waals surface area contributed by atoms with Gasteiger partial charge in [0.05, 0.1) is 21.4 Å². The molecule has 2 aromatic rings. The van der Waals surface area contributed by atoms with Crippen molar-refractivity contribution in [3.8, 4) is 0 Å². The summed E-state index contributed by atoms with van der Waals surface area (Å²) in [7, 11) is -1.96. The molecule has 0 aromatic heterocycles. The summed E-state index contributed by atoms with van der Waals surface area (Å²) in [6.07, 6.45) is 0.183. The lowest BCUT2D eigenvalue weighted by atomic mass is 10.1. The fourth-order valence-corrected chi connectivity index (χ4v) is 4.01.